The number of nitriles is 1. The van der Waals surface area contributed by atoms with Crippen molar-refractivity contribution in [2.24, 2.45) is 4.99 Å². The van der Waals surface area contributed by atoms with Crippen LogP contribution in [0.15, 0.2) is 46.9 Å². The first-order chi connectivity index (χ1) is 12.3. The number of benzene rings is 1. The molecule has 0 amide bonds. The molecule has 26 heavy (non-hydrogen) atoms. The fraction of sp³-hybridized carbons (Fsp3) is 0.278. The van der Waals surface area contributed by atoms with E-state index >= 15 is 0 Å². The predicted octanol–water partition coefficient (Wildman–Crippen LogP) is 3.84. The fourth-order valence-corrected chi connectivity index (χ4v) is 3.53. The molecule has 2 aromatic rings. The Morgan fingerprint density at radius 2 is 2.19 bits per heavy atom. The molecule has 1 aromatic heterocycles. The average Bonchev–Trinajstić information content (AvgIpc) is 3.04. The average molecular weight is 408 g/mol. The Bertz CT molecular complexity index is 738. The quantitative estimate of drug-likeness (QED) is 0.229. The van der Waals surface area contributed by atoms with Gasteiger partial charge in [-0.2, -0.15) is 17.0 Å². The van der Waals surface area contributed by atoms with Crippen molar-refractivity contribution in [2.75, 3.05) is 18.8 Å². The molecule has 1 aromatic carbocycles. The summed E-state index contributed by atoms with van der Waals surface area (Å²) in [6.45, 7) is 3.34. The van der Waals surface area contributed by atoms with Crippen LogP contribution in [0.5, 0.6) is 0 Å². The Balaban J connectivity index is 0.00000338. The second kappa shape index (κ2) is 13.2. The van der Waals surface area contributed by atoms with Gasteiger partial charge in [0.1, 0.15) is 0 Å². The number of aromatic nitrogens is 1. The number of aliphatic imine (C=N–C) groups is 1. The van der Waals surface area contributed by atoms with Crippen molar-refractivity contribution < 1.29 is 0 Å². The maximum atomic E-state index is 8.82. The van der Waals surface area contributed by atoms with Crippen LogP contribution in [-0.4, -0.2) is 29.8 Å². The second-order valence-corrected chi connectivity index (χ2v) is 7.24. The Hall–Kier alpha value is -2.01. The lowest BCUT2D eigenvalue weighted by molar-refractivity contribution is 0.923. The Morgan fingerprint density at radius 3 is 2.88 bits per heavy atom. The SMILES string of the molecule is Cc1scnc1CSCCNC(=NCC=Cc1ccccc1)NC#N.Cl. The van der Waals surface area contributed by atoms with Crippen molar-refractivity contribution in [2.45, 2.75) is 12.7 Å². The third-order valence-corrected chi connectivity index (χ3v) is 5.03. The zero-order valence-corrected chi connectivity index (χ0v) is 17.0. The van der Waals surface area contributed by atoms with Crippen LogP contribution in [0.25, 0.3) is 6.08 Å². The summed E-state index contributed by atoms with van der Waals surface area (Å²) in [4.78, 5) is 9.98. The summed E-state index contributed by atoms with van der Waals surface area (Å²) in [6, 6.07) is 10.1. The van der Waals surface area contributed by atoms with Crippen LogP contribution in [0.2, 0.25) is 0 Å². The van der Waals surface area contributed by atoms with Gasteiger partial charge in [0.2, 0.25) is 5.96 Å². The smallest absolute Gasteiger partial charge is 0.205 e. The summed E-state index contributed by atoms with van der Waals surface area (Å²) in [5.74, 6) is 2.34. The monoisotopic (exact) mass is 407 g/mol. The topological polar surface area (TPSA) is 73.1 Å². The normalized spacial score (nSPS) is 11.0. The fourth-order valence-electron chi connectivity index (χ4n) is 1.97. The highest BCUT2D eigenvalue weighted by Gasteiger charge is 2.01. The van der Waals surface area contributed by atoms with Crippen molar-refractivity contribution in [1.82, 2.24) is 15.6 Å². The summed E-state index contributed by atoms with van der Waals surface area (Å²) in [6.07, 6.45) is 5.90. The number of nitrogens with one attached hydrogen (secondary N) is 2. The van der Waals surface area contributed by atoms with E-state index in [4.69, 9.17) is 5.26 Å². The number of hydrogen-bond donors (Lipinski definition) is 2. The molecule has 8 heteroatoms. The van der Waals surface area contributed by atoms with E-state index in [0.717, 1.165) is 29.3 Å². The maximum Gasteiger partial charge on any atom is 0.205 e. The summed E-state index contributed by atoms with van der Waals surface area (Å²) in [5.41, 5.74) is 4.17. The molecule has 2 rings (SSSR count). The molecule has 1 heterocycles. The maximum absolute atomic E-state index is 8.82. The van der Waals surface area contributed by atoms with Gasteiger partial charge >= 0.3 is 0 Å². The third kappa shape index (κ3) is 8.39. The van der Waals surface area contributed by atoms with Crippen LogP contribution in [0.3, 0.4) is 0 Å². The van der Waals surface area contributed by atoms with Gasteiger partial charge in [0.05, 0.1) is 17.7 Å². The lowest BCUT2D eigenvalue weighted by Gasteiger charge is -2.07. The minimum absolute atomic E-state index is 0. The highest BCUT2D eigenvalue weighted by molar-refractivity contribution is 7.98. The van der Waals surface area contributed by atoms with E-state index in [1.165, 1.54) is 4.88 Å². The second-order valence-electron chi connectivity index (χ2n) is 5.07. The van der Waals surface area contributed by atoms with E-state index < -0.39 is 0 Å². The van der Waals surface area contributed by atoms with Gasteiger partial charge in [0, 0.05) is 22.9 Å². The van der Waals surface area contributed by atoms with Crippen molar-refractivity contribution in [1.29, 1.82) is 5.26 Å². The third-order valence-electron chi connectivity index (χ3n) is 3.26. The molecule has 0 aliphatic heterocycles. The van der Waals surface area contributed by atoms with Crippen LogP contribution in [0, 0.1) is 18.4 Å². The standard InChI is InChI=1S/C18H21N5S2.ClH/c1-15-17(23-14-25-15)12-24-11-10-21-18(22-13-19)20-9-5-8-16-6-3-2-4-7-16;/h2-8,14H,9-12H2,1H3,(H2,20,21,22);1H. The molecule has 0 aliphatic carbocycles. The van der Waals surface area contributed by atoms with E-state index in [1.54, 1.807) is 11.3 Å². The number of halogens is 1. The molecule has 0 unspecified atom stereocenters. The van der Waals surface area contributed by atoms with Crippen molar-refractivity contribution in [3.8, 4) is 6.19 Å². The zero-order valence-electron chi connectivity index (χ0n) is 14.5. The van der Waals surface area contributed by atoms with Crippen LogP contribution in [0.4, 0.5) is 0 Å². The van der Waals surface area contributed by atoms with Gasteiger partial charge < -0.3 is 5.32 Å². The van der Waals surface area contributed by atoms with Crippen LogP contribution < -0.4 is 10.6 Å². The van der Waals surface area contributed by atoms with Gasteiger partial charge in [-0.15, -0.1) is 23.7 Å². The lowest BCUT2D eigenvalue weighted by atomic mass is 10.2. The first kappa shape index (κ1) is 22.0. The number of aryl methyl sites for hydroxylation is 1. The first-order valence-electron chi connectivity index (χ1n) is 7.91. The number of thiazole rings is 1. The highest BCUT2D eigenvalue weighted by Crippen LogP contribution is 2.17. The molecule has 2 N–H and O–H groups in total. The summed E-state index contributed by atoms with van der Waals surface area (Å²) < 4.78 is 0. The Labute approximate surface area is 169 Å². The number of rotatable bonds is 8. The molecule has 0 bridgehead atoms. The molecule has 0 fully saturated rings. The predicted molar refractivity (Wildman–Crippen MR) is 115 cm³/mol. The van der Waals surface area contributed by atoms with Crippen molar-refractivity contribution in [3.63, 3.8) is 0 Å². The molecular weight excluding hydrogens is 386 g/mol. The molecular formula is C18H22ClN5S2. The zero-order chi connectivity index (χ0) is 17.7. The van der Waals surface area contributed by atoms with Gasteiger partial charge in [-0.1, -0.05) is 42.5 Å². The molecule has 5 nitrogen and oxygen atoms in total. The van der Waals surface area contributed by atoms with Gasteiger partial charge in [0.15, 0.2) is 6.19 Å². The highest BCUT2D eigenvalue weighted by atomic mass is 35.5. The van der Waals surface area contributed by atoms with Crippen LogP contribution in [0.1, 0.15) is 16.1 Å². The van der Waals surface area contributed by atoms with E-state index in [0.29, 0.717) is 12.5 Å². The summed E-state index contributed by atoms with van der Waals surface area (Å²) >= 11 is 3.49. The molecule has 0 saturated carbocycles. The van der Waals surface area contributed by atoms with E-state index in [2.05, 4.69) is 27.5 Å². The molecule has 0 saturated heterocycles. The van der Waals surface area contributed by atoms with Gasteiger partial charge in [-0.25, -0.2) is 9.98 Å². The Kier molecular flexibility index (Phi) is 11.2. The van der Waals surface area contributed by atoms with Crippen LogP contribution in [-0.2, 0) is 5.75 Å². The van der Waals surface area contributed by atoms with Crippen molar-refractivity contribution in [3.05, 3.63) is 58.1 Å². The summed E-state index contributed by atoms with van der Waals surface area (Å²) in [7, 11) is 0. The molecule has 0 aliphatic rings. The van der Waals surface area contributed by atoms with E-state index in [-0.39, 0.29) is 12.4 Å². The van der Waals surface area contributed by atoms with Gasteiger partial charge in [-0.05, 0) is 12.5 Å². The minimum atomic E-state index is 0. The van der Waals surface area contributed by atoms with E-state index in [1.807, 2.05) is 65.9 Å². The lowest BCUT2D eigenvalue weighted by Crippen LogP contribution is -2.36. The molecule has 0 atom stereocenters. The number of guanidine groups is 1. The Morgan fingerprint density at radius 1 is 1.38 bits per heavy atom. The number of hydrogen-bond acceptors (Lipinski definition) is 5. The first-order valence-corrected chi connectivity index (χ1v) is 9.94. The van der Waals surface area contributed by atoms with Crippen molar-refractivity contribution >= 4 is 47.5 Å². The summed E-state index contributed by atoms with van der Waals surface area (Å²) in [5, 5.41) is 14.6. The molecule has 0 radical (unpaired) electrons. The number of thioether (sulfide) groups is 1. The van der Waals surface area contributed by atoms with E-state index in [9.17, 15) is 0 Å². The number of nitrogens with zero attached hydrogens (tertiary/aromatic N) is 3. The van der Waals surface area contributed by atoms with Gasteiger partial charge in [0.25, 0.3) is 0 Å². The molecule has 0 spiro atoms. The molecule has 138 valence electrons. The van der Waals surface area contributed by atoms with Crippen LogP contribution >= 0.6 is 35.5 Å². The largest absolute Gasteiger partial charge is 0.355 e. The minimum Gasteiger partial charge on any atom is -0.355 e. The van der Waals surface area contributed by atoms with Gasteiger partial charge in [-0.3, -0.25) is 5.32 Å².